The molecule has 4 nitrogen and oxygen atoms in total. The summed E-state index contributed by atoms with van der Waals surface area (Å²) in [7, 11) is 0. The summed E-state index contributed by atoms with van der Waals surface area (Å²) in [5.74, 6) is 0.329. The number of piperidine rings is 1. The Bertz CT molecular complexity index is 258. The van der Waals surface area contributed by atoms with E-state index in [1.807, 2.05) is 13.8 Å². The van der Waals surface area contributed by atoms with Crippen molar-refractivity contribution >= 4 is 6.09 Å². The maximum absolute atomic E-state index is 11.6. The van der Waals surface area contributed by atoms with Crippen molar-refractivity contribution in [3.63, 3.8) is 0 Å². The quantitative estimate of drug-likeness (QED) is 0.700. The second-order valence-corrected chi connectivity index (χ2v) is 4.39. The first kappa shape index (κ1) is 11.8. The molecule has 0 aromatic heterocycles. The molecule has 0 radical (unpaired) electrons. The van der Waals surface area contributed by atoms with Gasteiger partial charge < -0.3 is 9.64 Å². The number of nitriles is 1. The lowest BCUT2D eigenvalue weighted by molar-refractivity contribution is 0.0807. The van der Waals surface area contributed by atoms with Gasteiger partial charge in [-0.3, -0.25) is 0 Å². The number of carbonyl (C=O) groups excluding carboxylic acids is 1. The van der Waals surface area contributed by atoms with Crippen molar-refractivity contribution in [1.82, 2.24) is 4.90 Å². The van der Waals surface area contributed by atoms with E-state index in [0.29, 0.717) is 19.1 Å². The molecule has 84 valence electrons. The van der Waals surface area contributed by atoms with Gasteiger partial charge in [-0.15, -0.1) is 0 Å². The molecule has 1 atom stereocenters. The maximum Gasteiger partial charge on any atom is 0.409 e. The molecule has 1 rings (SSSR count). The van der Waals surface area contributed by atoms with Crippen LogP contribution in [-0.4, -0.2) is 30.7 Å². The minimum Gasteiger partial charge on any atom is -0.449 e. The van der Waals surface area contributed by atoms with E-state index in [2.05, 4.69) is 6.07 Å². The van der Waals surface area contributed by atoms with Crippen LogP contribution in [0.3, 0.4) is 0 Å². The highest BCUT2D eigenvalue weighted by molar-refractivity contribution is 5.67. The molecular formula is C11H18N2O2. The van der Waals surface area contributed by atoms with Crippen LogP contribution < -0.4 is 0 Å². The van der Waals surface area contributed by atoms with Gasteiger partial charge in [-0.05, 0) is 18.8 Å². The standard InChI is InChI=1S/C11H18N2O2/c1-9(2)8-15-11(14)13-5-3-4-10(6-12)7-13/h9-10H,3-5,7-8H2,1-2H3. The van der Waals surface area contributed by atoms with Crippen molar-refractivity contribution in [2.45, 2.75) is 26.7 Å². The average molecular weight is 210 g/mol. The van der Waals surface area contributed by atoms with E-state index in [9.17, 15) is 4.79 Å². The van der Waals surface area contributed by atoms with E-state index >= 15 is 0 Å². The van der Waals surface area contributed by atoms with Crippen molar-refractivity contribution in [2.24, 2.45) is 11.8 Å². The number of amides is 1. The summed E-state index contributed by atoms with van der Waals surface area (Å²) in [5.41, 5.74) is 0. The number of hydrogen-bond acceptors (Lipinski definition) is 3. The van der Waals surface area contributed by atoms with Crippen LogP contribution in [0.15, 0.2) is 0 Å². The van der Waals surface area contributed by atoms with Crippen LogP contribution in [0, 0.1) is 23.2 Å². The lowest BCUT2D eigenvalue weighted by atomic mass is 10.0. The van der Waals surface area contributed by atoms with Crippen LogP contribution >= 0.6 is 0 Å². The predicted octanol–water partition coefficient (Wildman–Crippen LogP) is 2.01. The van der Waals surface area contributed by atoms with Crippen molar-refractivity contribution in [3.05, 3.63) is 0 Å². The van der Waals surface area contributed by atoms with Gasteiger partial charge in [-0.1, -0.05) is 13.8 Å². The molecule has 15 heavy (non-hydrogen) atoms. The number of rotatable bonds is 2. The first-order valence-corrected chi connectivity index (χ1v) is 5.44. The molecule has 0 spiro atoms. The fourth-order valence-electron chi connectivity index (χ4n) is 1.58. The fraction of sp³-hybridized carbons (Fsp3) is 0.818. The van der Waals surface area contributed by atoms with Crippen molar-refractivity contribution in [2.75, 3.05) is 19.7 Å². The van der Waals surface area contributed by atoms with Crippen LogP contribution in [-0.2, 0) is 4.74 Å². The lowest BCUT2D eigenvalue weighted by Crippen LogP contribution is -2.40. The number of carbonyl (C=O) groups is 1. The Morgan fingerprint density at radius 1 is 1.67 bits per heavy atom. The zero-order valence-corrected chi connectivity index (χ0v) is 9.40. The first-order valence-electron chi connectivity index (χ1n) is 5.44. The van der Waals surface area contributed by atoms with Crippen molar-refractivity contribution in [3.8, 4) is 6.07 Å². The van der Waals surface area contributed by atoms with Crippen LogP contribution in [0.1, 0.15) is 26.7 Å². The minimum atomic E-state index is -0.274. The van der Waals surface area contributed by atoms with Gasteiger partial charge in [-0.2, -0.15) is 5.26 Å². The topological polar surface area (TPSA) is 53.3 Å². The second-order valence-electron chi connectivity index (χ2n) is 4.39. The first-order chi connectivity index (χ1) is 7.13. The van der Waals surface area contributed by atoms with Gasteiger partial charge in [0.15, 0.2) is 0 Å². The molecule has 1 amide bonds. The zero-order valence-electron chi connectivity index (χ0n) is 9.40. The second kappa shape index (κ2) is 5.59. The van der Waals surface area contributed by atoms with Gasteiger partial charge in [0.05, 0.1) is 18.6 Å². The van der Waals surface area contributed by atoms with Gasteiger partial charge in [0.2, 0.25) is 0 Å². The number of ether oxygens (including phenoxy) is 1. The third-order valence-corrected chi connectivity index (χ3v) is 2.40. The van der Waals surface area contributed by atoms with Gasteiger partial charge in [0.1, 0.15) is 0 Å². The molecule has 0 saturated carbocycles. The normalized spacial score (nSPS) is 21.2. The van der Waals surface area contributed by atoms with Crippen molar-refractivity contribution < 1.29 is 9.53 Å². The third-order valence-electron chi connectivity index (χ3n) is 2.40. The predicted molar refractivity (Wildman–Crippen MR) is 56.1 cm³/mol. The highest BCUT2D eigenvalue weighted by Crippen LogP contribution is 2.16. The largest absolute Gasteiger partial charge is 0.449 e. The van der Waals surface area contributed by atoms with E-state index in [-0.39, 0.29) is 12.0 Å². The summed E-state index contributed by atoms with van der Waals surface area (Å²) in [4.78, 5) is 13.2. The van der Waals surface area contributed by atoms with Crippen LogP contribution in [0.25, 0.3) is 0 Å². The van der Waals surface area contributed by atoms with Crippen LogP contribution in [0.2, 0.25) is 0 Å². The molecule has 0 N–H and O–H groups in total. The molecule has 0 aliphatic carbocycles. The van der Waals surface area contributed by atoms with Gasteiger partial charge in [0, 0.05) is 13.1 Å². The molecule has 0 aromatic carbocycles. The average Bonchev–Trinajstić information content (AvgIpc) is 2.26. The highest BCUT2D eigenvalue weighted by atomic mass is 16.6. The third kappa shape index (κ3) is 3.78. The lowest BCUT2D eigenvalue weighted by Gasteiger charge is -2.28. The van der Waals surface area contributed by atoms with E-state index < -0.39 is 0 Å². The summed E-state index contributed by atoms with van der Waals surface area (Å²) in [6.45, 7) is 5.69. The monoisotopic (exact) mass is 210 g/mol. The van der Waals surface area contributed by atoms with Crippen LogP contribution in [0.5, 0.6) is 0 Å². The Morgan fingerprint density at radius 2 is 2.40 bits per heavy atom. The maximum atomic E-state index is 11.6. The molecule has 0 bridgehead atoms. The number of likely N-dealkylation sites (tertiary alicyclic amines) is 1. The summed E-state index contributed by atoms with van der Waals surface area (Å²) in [5, 5.41) is 8.78. The molecule has 0 aromatic rings. The fourth-order valence-corrected chi connectivity index (χ4v) is 1.58. The Hall–Kier alpha value is -1.24. The van der Waals surface area contributed by atoms with E-state index in [1.165, 1.54) is 0 Å². The molecule has 1 aliphatic rings. The van der Waals surface area contributed by atoms with Gasteiger partial charge in [0.25, 0.3) is 0 Å². The molecule has 1 fully saturated rings. The molecular weight excluding hydrogens is 192 g/mol. The highest BCUT2D eigenvalue weighted by Gasteiger charge is 2.24. The SMILES string of the molecule is CC(C)COC(=O)N1CCCC(C#N)C1. The van der Waals surface area contributed by atoms with Crippen LogP contribution in [0.4, 0.5) is 4.79 Å². The Balaban J connectivity index is 2.36. The van der Waals surface area contributed by atoms with Gasteiger partial charge >= 0.3 is 6.09 Å². The summed E-state index contributed by atoms with van der Waals surface area (Å²) < 4.78 is 5.11. The zero-order chi connectivity index (χ0) is 11.3. The van der Waals surface area contributed by atoms with E-state index in [1.54, 1.807) is 4.90 Å². The number of nitrogens with zero attached hydrogens (tertiary/aromatic N) is 2. The van der Waals surface area contributed by atoms with E-state index in [4.69, 9.17) is 10.00 Å². The smallest absolute Gasteiger partial charge is 0.409 e. The Morgan fingerprint density at radius 3 is 3.00 bits per heavy atom. The molecule has 1 unspecified atom stereocenters. The summed E-state index contributed by atoms with van der Waals surface area (Å²) in [6.07, 6.45) is 1.52. The Labute approximate surface area is 90.8 Å². The van der Waals surface area contributed by atoms with Gasteiger partial charge in [-0.25, -0.2) is 4.79 Å². The number of hydrogen-bond donors (Lipinski definition) is 0. The van der Waals surface area contributed by atoms with E-state index in [0.717, 1.165) is 19.4 Å². The molecule has 4 heteroatoms. The van der Waals surface area contributed by atoms with Crippen molar-refractivity contribution in [1.29, 1.82) is 5.26 Å². The Kier molecular flexibility index (Phi) is 4.41. The summed E-state index contributed by atoms with van der Waals surface area (Å²) in [6, 6.07) is 2.20. The molecule has 1 heterocycles. The minimum absolute atomic E-state index is 0.0228. The summed E-state index contributed by atoms with van der Waals surface area (Å²) >= 11 is 0. The molecule has 1 aliphatic heterocycles. The molecule has 1 saturated heterocycles.